The van der Waals surface area contributed by atoms with Crippen LogP contribution in [-0.4, -0.2) is 48.4 Å². The zero-order valence-corrected chi connectivity index (χ0v) is 13.7. The van der Waals surface area contributed by atoms with E-state index in [1.165, 1.54) is 12.0 Å². The van der Waals surface area contributed by atoms with Crippen molar-refractivity contribution in [1.82, 2.24) is 9.80 Å². The van der Waals surface area contributed by atoms with Gasteiger partial charge in [0.2, 0.25) is 0 Å². The van der Waals surface area contributed by atoms with Gasteiger partial charge in [-0.15, -0.1) is 0 Å². The topological polar surface area (TPSA) is 23.6 Å². The van der Waals surface area contributed by atoms with E-state index >= 15 is 0 Å². The zero-order chi connectivity index (χ0) is 16.1. The summed E-state index contributed by atoms with van der Waals surface area (Å²) in [5.74, 6) is 0.153. The second-order valence-corrected chi connectivity index (χ2v) is 6.08. The van der Waals surface area contributed by atoms with Gasteiger partial charge in [-0.1, -0.05) is 49.4 Å². The lowest BCUT2D eigenvalue weighted by Crippen LogP contribution is -2.48. The molecular weight excluding hydrogens is 284 g/mol. The standard InChI is InChI=1S/C20H24N2O/c1-2-12-21-13-15-22(16-14-21)20(23)19-10-8-18(9-11-19)17-6-4-3-5-7-17/h3-11H,2,12-16H2,1H3. The average Bonchev–Trinajstić information content (AvgIpc) is 2.63. The molecule has 3 nitrogen and oxygen atoms in total. The summed E-state index contributed by atoms with van der Waals surface area (Å²) >= 11 is 0. The molecule has 0 saturated carbocycles. The highest BCUT2D eigenvalue weighted by Crippen LogP contribution is 2.20. The van der Waals surface area contributed by atoms with Gasteiger partial charge in [-0.25, -0.2) is 0 Å². The summed E-state index contributed by atoms with van der Waals surface area (Å²) in [7, 11) is 0. The monoisotopic (exact) mass is 308 g/mol. The molecule has 1 saturated heterocycles. The van der Waals surface area contributed by atoms with Gasteiger partial charge in [-0.05, 0) is 36.2 Å². The number of nitrogens with zero attached hydrogens (tertiary/aromatic N) is 2. The van der Waals surface area contributed by atoms with Crippen molar-refractivity contribution < 1.29 is 4.79 Å². The number of carbonyl (C=O) groups excluding carboxylic acids is 1. The largest absolute Gasteiger partial charge is 0.336 e. The Kier molecular flexibility index (Phi) is 5.09. The molecule has 1 amide bonds. The van der Waals surface area contributed by atoms with Crippen LogP contribution in [0.3, 0.4) is 0 Å². The lowest BCUT2D eigenvalue weighted by atomic mass is 10.0. The number of carbonyl (C=O) groups is 1. The molecule has 23 heavy (non-hydrogen) atoms. The molecule has 0 N–H and O–H groups in total. The summed E-state index contributed by atoms with van der Waals surface area (Å²) in [6.45, 7) is 6.97. The van der Waals surface area contributed by atoms with E-state index in [-0.39, 0.29) is 5.91 Å². The molecule has 0 bridgehead atoms. The van der Waals surface area contributed by atoms with Crippen LogP contribution in [0.2, 0.25) is 0 Å². The molecule has 1 heterocycles. The highest BCUT2D eigenvalue weighted by molar-refractivity contribution is 5.94. The molecule has 0 atom stereocenters. The van der Waals surface area contributed by atoms with Crippen molar-refractivity contribution in [1.29, 1.82) is 0 Å². The summed E-state index contributed by atoms with van der Waals surface area (Å²) in [6, 6.07) is 18.2. The van der Waals surface area contributed by atoms with E-state index in [1.807, 2.05) is 47.4 Å². The molecular formula is C20H24N2O. The quantitative estimate of drug-likeness (QED) is 0.863. The molecule has 0 aliphatic carbocycles. The van der Waals surface area contributed by atoms with Gasteiger partial charge in [0, 0.05) is 31.7 Å². The third-order valence-electron chi connectivity index (χ3n) is 4.44. The summed E-state index contributed by atoms with van der Waals surface area (Å²) in [5.41, 5.74) is 3.11. The molecule has 0 spiro atoms. The van der Waals surface area contributed by atoms with Crippen molar-refractivity contribution in [2.75, 3.05) is 32.7 Å². The van der Waals surface area contributed by atoms with Gasteiger partial charge in [0.15, 0.2) is 0 Å². The predicted molar refractivity (Wildman–Crippen MR) is 94.5 cm³/mol. The number of benzene rings is 2. The summed E-state index contributed by atoms with van der Waals surface area (Å²) in [6.07, 6.45) is 1.18. The first-order valence-electron chi connectivity index (χ1n) is 8.45. The molecule has 3 heteroatoms. The predicted octanol–water partition coefficient (Wildman–Crippen LogP) is 3.52. The van der Waals surface area contributed by atoms with Crippen LogP contribution in [0.25, 0.3) is 11.1 Å². The second-order valence-electron chi connectivity index (χ2n) is 6.08. The van der Waals surface area contributed by atoms with Crippen molar-refractivity contribution in [3.05, 3.63) is 60.2 Å². The van der Waals surface area contributed by atoms with E-state index < -0.39 is 0 Å². The van der Waals surface area contributed by atoms with Gasteiger partial charge in [0.05, 0.1) is 0 Å². The van der Waals surface area contributed by atoms with E-state index in [4.69, 9.17) is 0 Å². The molecule has 1 aliphatic heterocycles. The lowest BCUT2D eigenvalue weighted by molar-refractivity contribution is 0.0637. The Labute approximate surface area is 138 Å². The molecule has 2 aromatic carbocycles. The second kappa shape index (κ2) is 7.42. The fourth-order valence-corrected chi connectivity index (χ4v) is 3.11. The summed E-state index contributed by atoms with van der Waals surface area (Å²) < 4.78 is 0. The fourth-order valence-electron chi connectivity index (χ4n) is 3.11. The zero-order valence-electron chi connectivity index (χ0n) is 13.7. The molecule has 0 radical (unpaired) electrons. The maximum atomic E-state index is 12.6. The Morgan fingerprint density at radius 2 is 1.48 bits per heavy atom. The van der Waals surface area contributed by atoms with Crippen molar-refractivity contribution in [2.24, 2.45) is 0 Å². The Hall–Kier alpha value is -2.13. The van der Waals surface area contributed by atoms with Crippen LogP contribution in [0.15, 0.2) is 54.6 Å². The Bertz CT molecular complexity index is 628. The number of piperazine rings is 1. The van der Waals surface area contributed by atoms with Crippen LogP contribution in [0.4, 0.5) is 0 Å². The van der Waals surface area contributed by atoms with Crippen LogP contribution >= 0.6 is 0 Å². The molecule has 1 fully saturated rings. The molecule has 120 valence electrons. The third-order valence-corrected chi connectivity index (χ3v) is 4.44. The molecule has 2 aromatic rings. The van der Waals surface area contributed by atoms with Gasteiger partial charge >= 0.3 is 0 Å². The smallest absolute Gasteiger partial charge is 0.253 e. The molecule has 0 aromatic heterocycles. The van der Waals surface area contributed by atoms with E-state index in [0.29, 0.717) is 0 Å². The van der Waals surface area contributed by atoms with Gasteiger partial charge in [0.1, 0.15) is 0 Å². The first-order chi connectivity index (χ1) is 11.3. The number of hydrogen-bond acceptors (Lipinski definition) is 2. The highest BCUT2D eigenvalue weighted by Gasteiger charge is 2.21. The van der Waals surface area contributed by atoms with Crippen LogP contribution in [0, 0.1) is 0 Å². The Morgan fingerprint density at radius 3 is 2.09 bits per heavy atom. The third kappa shape index (κ3) is 3.80. The highest BCUT2D eigenvalue weighted by atomic mass is 16.2. The van der Waals surface area contributed by atoms with Gasteiger partial charge in [-0.3, -0.25) is 9.69 Å². The number of hydrogen-bond donors (Lipinski definition) is 0. The van der Waals surface area contributed by atoms with Gasteiger partial charge < -0.3 is 4.90 Å². The maximum Gasteiger partial charge on any atom is 0.253 e. The van der Waals surface area contributed by atoms with Crippen LogP contribution in [0.1, 0.15) is 23.7 Å². The first kappa shape index (κ1) is 15.8. The SMILES string of the molecule is CCCN1CCN(C(=O)c2ccc(-c3ccccc3)cc2)CC1. The fraction of sp³-hybridized carbons (Fsp3) is 0.350. The van der Waals surface area contributed by atoms with E-state index in [9.17, 15) is 4.79 Å². The summed E-state index contributed by atoms with van der Waals surface area (Å²) in [4.78, 5) is 17.0. The maximum absolute atomic E-state index is 12.6. The molecule has 0 unspecified atom stereocenters. The van der Waals surface area contributed by atoms with E-state index in [2.05, 4.69) is 24.0 Å². The summed E-state index contributed by atoms with van der Waals surface area (Å²) in [5, 5.41) is 0. The van der Waals surface area contributed by atoms with E-state index in [0.717, 1.165) is 43.9 Å². The van der Waals surface area contributed by atoms with Crippen molar-refractivity contribution in [3.8, 4) is 11.1 Å². The minimum Gasteiger partial charge on any atom is -0.336 e. The number of amides is 1. The average molecular weight is 308 g/mol. The number of rotatable bonds is 4. The van der Waals surface area contributed by atoms with E-state index in [1.54, 1.807) is 0 Å². The van der Waals surface area contributed by atoms with Gasteiger partial charge in [0.25, 0.3) is 5.91 Å². The lowest BCUT2D eigenvalue weighted by Gasteiger charge is -2.34. The minimum absolute atomic E-state index is 0.153. The molecule has 3 rings (SSSR count). The Balaban J connectivity index is 1.64. The van der Waals surface area contributed by atoms with Crippen LogP contribution in [0.5, 0.6) is 0 Å². The van der Waals surface area contributed by atoms with Gasteiger partial charge in [-0.2, -0.15) is 0 Å². The van der Waals surface area contributed by atoms with Crippen molar-refractivity contribution in [2.45, 2.75) is 13.3 Å². The molecule has 1 aliphatic rings. The first-order valence-corrected chi connectivity index (χ1v) is 8.45. The van der Waals surface area contributed by atoms with Crippen LogP contribution in [-0.2, 0) is 0 Å². The van der Waals surface area contributed by atoms with Crippen LogP contribution < -0.4 is 0 Å². The normalized spacial score (nSPS) is 15.6. The van der Waals surface area contributed by atoms with Crippen molar-refractivity contribution in [3.63, 3.8) is 0 Å². The Morgan fingerprint density at radius 1 is 0.870 bits per heavy atom. The minimum atomic E-state index is 0.153. The van der Waals surface area contributed by atoms with Crippen molar-refractivity contribution >= 4 is 5.91 Å².